The van der Waals surface area contributed by atoms with Crippen LogP contribution in [-0.2, 0) is 4.74 Å². The fourth-order valence-corrected chi connectivity index (χ4v) is 4.84. The van der Waals surface area contributed by atoms with Gasteiger partial charge in [0, 0.05) is 29.1 Å². The molecular weight excluding hydrogens is 421 g/mol. The molecule has 1 N–H and O–H groups in total. The first-order chi connectivity index (χ1) is 15.7. The molecular formula is C26H24FN3OS. The Morgan fingerprint density at radius 2 is 1.59 bits per heavy atom. The maximum absolute atomic E-state index is 14.1. The normalized spacial score (nSPS) is 13.9. The number of rotatable bonds is 5. The highest BCUT2D eigenvalue weighted by Gasteiger charge is 2.16. The molecule has 2 heterocycles. The van der Waals surface area contributed by atoms with Gasteiger partial charge >= 0.3 is 0 Å². The van der Waals surface area contributed by atoms with E-state index in [1.807, 2.05) is 36.4 Å². The molecule has 0 unspecified atom stereocenters. The number of aromatic nitrogens is 1. The maximum atomic E-state index is 14.1. The summed E-state index contributed by atoms with van der Waals surface area (Å²) in [5.74, 6) is -0.212. The summed E-state index contributed by atoms with van der Waals surface area (Å²) in [5.41, 5.74) is 5.65. The number of halogens is 1. The van der Waals surface area contributed by atoms with Gasteiger partial charge in [-0.1, -0.05) is 54.6 Å². The van der Waals surface area contributed by atoms with Crippen LogP contribution < -0.4 is 10.2 Å². The summed E-state index contributed by atoms with van der Waals surface area (Å²) >= 11 is 1.64. The monoisotopic (exact) mass is 445 g/mol. The Kier molecular flexibility index (Phi) is 5.88. The molecule has 0 bridgehead atoms. The first kappa shape index (κ1) is 20.7. The Hall–Kier alpha value is -3.22. The van der Waals surface area contributed by atoms with Crippen LogP contribution in [0.2, 0.25) is 0 Å². The molecule has 1 aliphatic heterocycles. The van der Waals surface area contributed by atoms with Crippen LogP contribution in [0, 0.1) is 12.7 Å². The highest BCUT2D eigenvalue weighted by Crippen LogP contribution is 2.35. The highest BCUT2D eigenvalue weighted by molar-refractivity contribution is 7.16. The number of morpholine rings is 1. The van der Waals surface area contributed by atoms with E-state index in [0.29, 0.717) is 5.56 Å². The minimum absolute atomic E-state index is 0.212. The molecule has 162 valence electrons. The third-order valence-corrected chi connectivity index (χ3v) is 6.52. The number of benzene rings is 3. The molecule has 32 heavy (non-hydrogen) atoms. The average Bonchev–Trinajstić information content (AvgIpc) is 3.20. The summed E-state index contributed by atoms with van der Waals surface area (Å²) < 4.78 is 19.6. The van der Waals surface area contributed by atoms with Gasteiger partial charge in [-0.2, -0.15) is 0 Å². The van der Waals surface area contributed by atoms with Crippen LogP contribution in [0.25, 0.3) is 22.4 Å². The molecule has 1 aliphatic rings. The van der Waals surface area contributed by atoms with Crippen LogP contribution in [-0.4, -0.2) is 31.3 Å². The Balaban J connectivity index is 1.39. The number of aryl methyl sites for hydroxylation is 1. The van der Waals surface area contributed by atoms with E-state index in [1.165, 1.54) is 11.8 Å². The minimum Gasteiger partial charge on any atom is -0.378 e. The predicted molar refractivity (Wildman–Crippen MR) is 130 cm³/mol. The van der Waals surface area contributed by atoms with Crippen LogP contribution >= 0.6 is 11.3 Å². The van der Waals surface area contributed by atoms with Crippen molar-refractivity contribution in [3.8, 4) is 22.4 Å². The first-order valence-corrected chi connectivity index (χ1v) is 11.5. The number of hydrogen-bond donors (Lipinski definition) is 1. The fraction of sp³-hybridized carbons (Fsp3) is 0.192. The van der Waals surface area contributed by atoms with Gasteiger partial charge in [-0.3, -0.25) is 0 Å². The molecule has 5 rings (SSSR count). The molecule has 3 aromatic carbocycles. The SMILES string of the molecule is Cc1sc(Nc2ccccc2N2CCOCC2)nc1-c1ccc(-c2ccccc2F)cc1. The van der Waals surface area contributed by atoms with Crippen molar-refractivity contribution in [3.05, 3.63) is 83.5 Å². The maximum Gasteiger partial charge on any atom is 0.188 e. The molecule has 0 spiro atoms. The molecule has 0 radical (unpaired) electrons. The molecule has 1 aromatic heterocycles. The number of hydrogen-bond acceptors (Lipinski definition) is 5. The Bertz CT molecular complexity index is 1220. The zero-order chi connectivity index (χ0) is 21.9. The van der Waals surface area contributed by atoms with Crippen LogP contribution in [0.1, 0.15) is 4.88 Å². The number of nitrogens with one attached hydrogen (secondary N) is 1. The van der Waals surface area contributed by atoms with Crippen LogP contribution in [0.4, 0.5) is 20.9 Å². The van der Waals surface area contributed by atoms with E-state index in [0.717, 1.165) is 58.8 Å². The molecule has 6 heteroatoms. The summed E-state index contributed by atoms with van der Waals surface area (Å²) in [5, 5.41) is 4.38. The van der Waals surface area contributed by atoms with Crippen molar-refractivity contribution < 1.29 is 9.13 Å². The van der Waals surface area contributed by atoms with E-state index in [-0.39, 0.29) is 5.82 Å². The summed E-state index contributed by atoms with van der Waals surface area (Å²) in [6.07, 6.45) is 0. The summed E-state index contributed by atoms with van der Waals surface area (Å²) in [4.78, 5) is 8.35. The zero-order valence-electron chi connectivity index (χ0n) is 17.8. The second kappa shape index (κ2) is 9.10. The lowest BCUT2D eigenvalue weighted by Gasteiger charge is -2.30. The van der Waals surface area contributed by atoms with Gasteiger partial charge in [0.05, 0.1) is 30.3 Å². The van der Waals surface area contributed by atoms with E-state index < -0.39 is 0 Å². The number of anilines is 3. The topological polar surface area (TPSA) is 37.4 Å². The second-order valence-electron chi connectivity index (χ2n) is 7.72. The lowest BCUT2D eigenvalue weighted by Crippen LogP contribution is -2.36. The number of para-hydroxylation sites is 2. The Morgan fingerprint density at radius 1 is 0.906 bits per heavy atom. The van der Waals surface area contributed by atoms with Gasteiger partial charge in [-0.15, -0.1) is 11.3 Å². The van der Waals surface area contributed by atoms with E-state index in [9.17, 15) is 4.39 Å². The van der Waals surface area contributed by atoms with Crippen molar-refractivity contribution in [1.29, 1.82) is 0 Å². The smallest absolute Gasteiger partial charge is 0.188 e. The molecule has 0 aliphatic carbocycles. The standard InChI is InChI=1S/C26H24FN3OS/c1-18-25(20-12-10-19(11-13-20)21-6-2-3-7-22(21)27)29-26(32-18)28-23-8-4-5-9-24(23)30-14-16-31-17-15-30/h2-13H,14-17H2,1H3,(H,28,29). The minimum atomic E-state index is -0.212. The quantitative estimate of drug-likeness (QED) is 0.380. The lowest BCUT2D eigenvalue weighted by molar-refractivity contribution is 0.123. The molecule has 1 saturated heterocycles. The van der Waals surface area contributed by atoms with Crippen molar-refractivity contribution in [2.24, 2.45) is 0 Å². The van der Waals surface area contributed by atoms with Gasteiger partial charge in [0.15, 0.2) is 5.13 Å². The van der Waals surface area contributed by atoms with E-state index in [4.69, 9.17) is 9.72 Å². The molecule has 0 atom stereocenters. The molecule has 4 nitrogen and oxygen atoms in total. The molecule has 4 aromatic rings. The predicted octanol–water partition coefficient (Wildman–Crippen LogP) is 6.50. The largest absolute Gasteiger partial charge is 0.378 e. The van der Waals surface area contributed by atoms with Crippen molar-refractivity contribution in [2.45, 2.75) is 6.92 Å². The third-order valence-electron chi connectivity index (χ3n) is 5.64. The van der Waals surface area contributed by atoms with Gasteiger partial charge in [0.25, 0.3) is 0 Å². The van der Waals surface area contributed by atoms with Crippen molar-refractivity contribution in [2.75, 3.05) is 36.5 Å². The zero-order valence-corrected chi connectivity index (χ0v) is 18.7. The van der Waals surface area contributed by atoms with Gasteiger partial charge in [0.1, 0.15) is 5.82 Å². The van der Waals surface area contributed by atoms with Gasteiger partial charge < -0.3 is 15.0 Å². The van der Waals surface area contributed by atoms with Crippen LogP contribution in [0.3, 0.4) is 0 Å². The third kappa shape index (κ3) is 4.24. The van der Waals surface area contributed by atoms with Gasteiger partial charge in [-0.25, -0.2) is 9.37 Å². The average molecular weight is 446 g/mol. The second-order valence-corrected chi connectivity index (χ2v) is 8.93. The van der Waals surface area contributed by atoms with Gasteiger partial charge in [0.2, 0.25) is 0 Å². The van der Waals surface area contributed by atoms with Crippen molar-refractivity contribution >= 4 is 27.8 Å². The molecule has 1 fully saturated rings. The number of ether oxygens (including phenoxy) is 1. The van der Waals surface area contributed by atoms with Crippen LogP contribution in [0.15, 0.2) is 72.8 Å². The Labute approximate surface area is 191 Å². The fourth-order valence-electron chi connectivity index (χ4n) is 4.00. The van der Waals surface area contributed by atoms with Gasteiger partial charge in [-0.05, 0) is 30.7 Å². The van der Waals surface area contributed by atoms with E-state index in [2.05, 4.69) is 35.3 Å². The number of nitrogens with zero attached hydrogens (tertiary/aromatic N) is 2. The molecule has 0 saturated carbocycles. The van der Waals surface area contributed by atoms with Crippen molar-refractivity contribution in [3.63, 3.8) is 0 Å². The van der Waals surface area contributed by atoms with Crippen LogP contribution in [0.5, 0.6) is 0 Å². The van der Waals surface area contributed by atoms with E-state index in [1.54, 1.807) is 23.5 Å². The summed E-state index contributed by atoms with van der Waals surface area (Å²) in [6.45, 7) is 5.34. The number of thiazole rings is 1. The Morgan fingerprint density at radius 3 is 2.38 bits per heavy atom. The molecule has 0 amide bonds. The lowest BCUT2D eigenvalue weighted by atomic mass is 10.0. The van der Waals surface area contributed by atoms with E-state index >= 15 is 0 Å². The highest BCUT2D eigenvalue weighted by atomic mass is 32.1. The first-order valence-electron chi connectivity index (χ1n) is 10.7. The summed E-state index contributed by atoms with van der Waals surface area (Å²) in [6, 6.07) is 23.1. The van der Waals surface area contributed by atoms with Crippen molar-refractivity contribution in [1.82, 2.24) is 4.98 Å². The summed E-state index contributed by atoms with van der Waals surface area (Å²) in [7, 11) is 0.